The predicted molar refractivity (Wildman–Crippen MR) is 133 cm³/mol. The first-order chi connectivity index (χ1) is 16.5. The third kappa shape index (κ3) is 6.03. The highest BCUT2D eigenvalue weighted by atomic mass is 35.5. The van der Waals surface area contributed by atoms with E-state index in [2.05, 4.69) is 0 Å². The Morgan fingerprint density at radius 1 is 0.912 bits per heavy atom. The summed E-state index contributed by atoms with van der Waals surface area (Å²) in [7, 11) is 1.60. The minimum Gasteiger partial charge on any atom is -0.497 e. The Morgan fingerprint density at radius 2 is 1.62 bits per heavy atom. The summed E-state index contributed by atoms with van der Waals surface area (Å²) < 4.78 is 11.4. The van der Waals surface area contributed by atoms with Crippen molar-refractivity contribution < 1.29 is 19.1 Å². The molecule has 6 nitrogen and oxygen atoms in total. The Hall–Kier alpha value is -2.73. The molecule has 34 heavy (non-hydrogen) atoms. The maximum absolute atomic E-state index is 13.2. The molecule has 2 aromatic rings. The number of amides is 2. The second kappa shape index (κ2) is 11.1. The number of piperidine rings is 2. The first-order valence-corrected chi connectivity index (χ1v) is 12.5. The molecule has 2 amide bonds. The van der Waals surface area contributed by atoms with Gasteiger partial charge in [0, 0.05) is 48.6 Å². The van der Waals surface area contributed by atoms with Gasteiger partial charge in [-0.1, -0.05) is 17.7 Å². The third-order valence-electron chi connectivity index (χ3n) is 7.02. The predicted octanol–water partition coefficient (Wildman–Crippen LogP) is 5.05. The fourth-order valence-corrected chi connectivity index (χ4v) is 4.96. The zero-order chi connectivity index (χ0) is 24.0. The van der Waals surface area contributed by atoms with E-state index in [1.807, 2.05) is 40.1 Å². The minimum absolute atomic E-state index is 0.00604. The van der Waals surface area contributed by atoms with Gasteiger partial charge in [0.25, 0.3) is 5.91 Å². The van der Waals surface area contributed by atoms with Crippen molar-refractivity contribution in [1.29, 1.82) is 0 Å². The van der Waals surface area contributed by atoms with Crippen molar-refractivity contribution in [2.45, 2.75) is 38.5 Å². The van der Waals surface area contributed by atoms with Crippen LogP contribution in [-0.2, 0) is 4.79 Å². The van der Waals surface area contributed by atoms with Crippen LogP contribution in [0.3, 0.4) is 0 Å². The number of likely N-dealkylation sites (tertiary alicyclic amines) is 2. The Kier molecular flexibility index (Phi) is 7.99. The number of hydrogen-bond donors (Lipinski definition) is 0. The van der Waals surface area contributed by atoms with Crippen molar-refractivity contribution in [3.05, 3.63) is 59.1 Å². The van der Waals surface area contributed by atoms with Gasteiger partial charge in [0.05, 0.1) is 13.7 Å². The lowest BCUT2D eigenvalue weighted by Gasteiger charge is -2.42. The van der Waals surface area contributed by atoms with Gasteiger partial charge in [-0.15, -0.1) is 0 Å². The smallest absolute Gasteiger partial charge is 0.253 e. The number of benzene rings is 2. The average Bonchev–Trinajstić information content (AvgIpc) is 2.89. The van der Waals surface area contributed by atoms with Crippen molar-refractivity contribution in [1.82, 2.24) is 9.80 Å². The summed E-state index contributed by atoms with van der Waals surface area (Å²) in [5.74, 6) is 1.60. The largest absolute Gasteiger partial charge is 0.497 e. The molecule has 0 atom stereocenters. The summed E-state index contributed by atoms with van der Waals surface area (Å²) in [6, 6.07) is 14.6. The van der Waals surface area contributed by atoms with E-state index in [0.717, 1.165) is 44.5 Å². The number of carbonyl (C=O) groups excluding carboxylic acids is 2. The second-order valence-corrected chi connectivity index (χ2v) is 9.82. The van der Waals surface area contributed by atoms with Crippen molar-refractivity contribution in [3.8, 4) is 11.5 Å². The van der Waals surface area contributed by atoms with E-state index >= 15 is 0 Å². The van der Waals surface area contributed by atoms with Crippen LogP contribution < -0.4 is 9.47 Å². The van der Waals surface area contributed by atoms with Gasteiger partial charge in [-0.2, -0.15) is 0 Å². The number of methoxy groups -OCH3 is 1. The summed E-state index contributed by atoms with van der Waals surface area (Å²) in [6.07, 6.45) is 5.22. The van der Waals surface area contributed by atoms with Gasteiger partial charge in [0.1, 0.15) is 11.5 Å². The molecule has 4 rings (SSSR count). The Balaban J connectivity index is 1.45. The van der Waals surface area contributed by atoms with E-state index in [4.69, 9.17) is 21.1 Å². The van der Waals surface area contributed by atoms with Crippen LogP contribution in [0.1, 0.15) is 48.9 Å². The first-order valence-electron chi connectivity index (χ1n) is 12.1. The molecule has 2 saturated heterocycles. The molecule has 2 aromatic carbocycles. The van der Waals surface area contributed by atoms with Crippen LogP contribution in [0, 0.1) is 5.41 Å². The molecule has 0 aliphatic carbocycles. The molecule has 0 spiro atoms. The SMILES string of the molecule is COc1cccc(C(=O)N2CCC(COc3ccc(Cl)cc3)(CC(=O)N3CCCCC3)CC2)c1. The Bertz CT molecular complexity index is 980. The minimum atomic E-state index is -0.306. The van der Waals surface area contributed by atoms with Gasteiger partial charge in [-0.05, 0) is 74.6 Å². The molecule has 0 aromatic heterocycles. The number of ether oxygens (including phenoxy) is 2. The summed E-state index contributed by atoms with van der Waals surface area (Å²) in [6.45, 7) is 3.30. The van der Waals surface area contributed by atoms with Gasteiger partial charge >= 0.3 is 0 Å². The summed E-state index contributed by atoms with van der Waals surface area (Å²) in [5.41, 5.74) is 0.313. The van der Waals surface area contributed by atoms with Gasteiger partial charge < -0.3 is 19.3 Å². The van der Waals surface area contributed by atoms with Crippen LogP contribution in [0.4, 0.5) is 0 Å². The second-order valence-electron chi connectivity index (χ2n) is 9.38. The quantitative estimate of drug-likeness (QED) is 0.551. The highest BCUT2D eigenvalue weighted by Crippen LogP contribution is 2.37. The summed E-state index contributed by atoms with van der Waals surface area (Å²) in [4.78, 5) is 30.2. The number of rotatable bonds is 7. The summed E-state index contributed by atoms with van der Waals surface area (Å²) >= 11 is 6.01. The molecule has 0 N–H and O–H groups in total. The maximum atomic E-state index is 13.2. The lowest BCUT2D eigenvalue weighted by Crippen LogP contribution is -2.48. The molecular formula is C27H33ClN2O4. The molecule has 7 heteroatoms. The molecule has 2 aliphatic rings. The number of nitrogens with zero attached hydrogens (tertiary/aromatic N) is 2. The number of halogens is 1. The van der Waals surface area contributed by atoms with E-state index in [0.29, 0.717) is 42.5 Å². The molecule has 2 fully saturated rings. The first kappa shape index (κ1) is 24.4. The lowest BCUT2D eigenvalue weighted by molar-refractivity contribution is -0.136. The van der Waals surface area contributed by atoms with Crippen LogP contribution in [0.5, 0.6) is 11.5 Å². The molecule has 182 valence electrons. The van der Waals surface area contributed by atoms with Gasteiger partial charge in [-0.25, -0.2) is 0 Å². The molecule has 2 aliphatic heterocycles. The van der Waals surface area contributed by atoms with Crippen molar-refractivity contribution in [3.63, 3.8) is 0 Å². The van der Waals surface area contributed by atoms with E-state index in [9.17, 15) is 9.59 Å². The van der Waals surface area contributed by atoms with Crippen LogP contribution in [0.15, 0.2) is 48.5 Å². The fraction of sp³-hybridized carbons (Fsp3) is 0.481. The number of carbonyl (C=O) groups is 2. The normalized spacial score (nSPS) is 17.8. The lowest BCUT2D eigenvalue weighted by atomic mass is 9.75. The molecule has 0 unspecified atom stereocenters. The third-order valence-corrected chi connectivity index (χ3v) is 7.27. The Morgan fingerprint density at radius 3 is 2.29 bits per heavy atom. The van der Waals surface area contributed by atoms with E-state index in [1.165, 1.54) is 6.42 Å². The van der Waals surface area contributed by atoms with E-state index in [-0.39, 0.29) is 17.2 Å². The average molecular weight is 485 g/mol. The van der Waals surface area contributed by atoms with Crippen molar-refractivity contribution >= 4 is 23.4 Å². The molecular weight excluding hydrogens is 452 g/mol. The van der Waals surface area contributed by atoms with Crippen LogP contribution in [0.2, 0.25) is 5.02 Å². The summed E-state index contributed by atoms with van der Waals surface area (Å²) in [5, 5.41) is 0.659. The van der Waals surface area contributed by atoms with E-state index in [1.54, 1.807) is 25.3 Å². The molecule has 2 heterocycles. The maximum Gasteiger partial charge on any atom is 0.253 e. The highest BCUT2D eigenvalue weighted by molar-refractivity contribution is 6.30. The van der Waals surface area contributed by atoms with Crippen molar-refractivity contribution in [2.75, 3.05) is 39.9 Å². The fourth-order valence-electron chi connectivity index (χ4n) is 4.84. The monoisotopic (exact) mass is 484 g/mol. The zero-order valence-electron chi connectivity index (χ0n) is 19.8. The highest BCUT2D eigenvalue weighted by Gasteiger charge is 2.40. The number of hydrogen-bond acceptors (Lipinski definition) is 4. The van der Waals surface area contributed by atoms with Crippen LogP contribution >= 0.6 is 11.6 Å². The van der Waals surface area contributed by atoms with Crippen molar-refractivity contribution in [2.24, 2.45) is 5.41 Å². The topological polar surface area (TPSA) is 59.1 Å². The standard InChI is InChI=1S/C27H33ClN2O4/c1-33-24-7-5-6-21(18-24)26(32)30-16-12-27(13-17-30,19-25(31)29-14-3-2-4-15-29)20-34-23-10-8-22(28)9-11-23/h5-11,18H,2-4,12-17,19-20H2,1H3. The molecule has 0 saturated carbocycles. The zero-order valence-corrected chi connectivity index (χ0v) is 20.6. The van der Waals surface area contributed by atoms with Gasteiger partial charge in [0.2, 0.25) is 5.91 Å². The molecule has 0 bridgehead atoms. The molecule has 0 radical (unpaired) electrons. The Labute approximate surface area is 206 Å². The van der Waals surface area contributed by atoms with Crippen LogP contribution in [0.25, 0.3) is 0 Å². The van der Waals surface area contributed by atoms with Gasteiger partial charge in [0.15, 0.2) is 0 Å². The van der Waals surface area contributed by atoms with Crippen LogP contribution in [-0.4, -0.2) is 61.5 Å². The van der Waals surface area contributed by atoms with Gasteiger partial charge in [-0.3, -0.25) is 9.59 Å². The van der Waals surface area contributed by atoms with E-state index < -0.39 is 0 Å².